The second kappa shape index (κ2) is 10.8. The fraction of sp³-hybridized carbons (Fsp3) is 0.267. The SMILES string of the molecule is CC(C)(C)OC(=O)c1cccc2c(Br)cccc12.CC(C)(C)OC(=O)c1cccc2c(F)cccc12. The van der Waals surface area contributed by atoms with Crippen molar-refractivity contribution < 1.29 is 23.5 Å². The first-order valence-corrected chi connectivity index (χ1v) is 12.4. The van der Waals surface area contributed by atoms with Crippen molar-refractivity contribution in [1.29, 1.82) is 0 Å². The number of carbonyl (C=O) groups excluding carboxylic acids is 2. The van der Waals surface area contributed by atoms with Gasteiger partial charge in [-0.2, -0.15) is 0 Å². The molecular formula is C30H30BrFO4. The van der Waals surface area contributed by atoms with Crippen molar-refractivity contribution in [2.75, 3.05) is 0 Å². The molecule has 0 unspecified atom stereocenters. The summed E-state index contributed by atoms with van der Waals surface area (Å²) < 4.78 is 25.3. The van der Waals surface area contributed by atoms with Crippen LogP contribution in [0.15, 0.2) is 77.3 Å². The number of hydrogen-bond donors (Lipinski definition) is 0. The van der Waals surface area contributed by atoms with Crippen molar-refractivity contribution >= 4 is 49.4 Å². The predicted molar refractivity (Wildman–Crippen MR) is 146 cm³/mol. The van der Waals surface area contributed by atoms with E-state index in [1.54, 1.807) is 57.2 Å². The lowest BCUT2D eigenvalue weighted by molar-refractivity contribution is 0.00592. The Hall–Kier alpha value is -3.25. The summed E-state index contributed by atoms with van der Waals surface area (Å²) in [5.74, 6) is -1.05. The van der Waals surface area contributed by atoms with Crippen LogP contribution >= 0.6 is 15.9 Å². The van der Waals surface area contributed by atoms with Crippen molar-refractivity contribution in [3.63, 3.8) is 0 Å². The molecule has 0 bridgehead atoms. The largest absolute Gasteiger partial charge is 0.456 e. The second-order valence-electron chi connectivity index (χ2n) is 10.3. The third-order valence-corrected chi connectivity index (χ3v) is 5.67. The highest BCUT2D eigenvalue weighted by molar-refractivity contribution is 9.10. The van der Waals surface area contributed by atoms with Crippen LogP contribution in [-0.4, -0.2) is 23.1 Å². The summed E-state index contributed by atoms with van der Waals surface area (Å²) >= 11 is 3.49. The zero-order valence-corrected chi connectivity index (χ0v) is 22.9. The van der Waals surface area contributed by atoms with Gasteiger partial charge in [-0.1, -0.05) is 64.5 Å². The highest BCUT2D eigenvalue weighted by Crippen LogP contribution is 2.27. The number of rotatable bonds is 2. The number of fused-ring (bicyclic) bond motifs is 2. The molecule has 0 aliphatic carbocycles. The molecule has 4 aromatic carbocycles. The minimum Gasteiger partial charge on any atom is -0.456 e. The van der Waals surface area contributed by atoms with Crippen LogP contribution in [0, 0.1) is 5.82 Å². The second-order valence-corrected chi connectivity index (χ2v) is 11.1. The van der Waals surface area contributed by atoms with Gasteiger partial charge in [-0.25, -0.2) is 14.0 Å². The van der Waals surface area contributed by atoms with Gasteiger partial charge in [-0.05, 0) is 82.0 Å². The van der Waals surface area contributed by atoms with Crippen molar-refractivity contribution in [2.45, 2.75) is 52.7 Å². The summed E-state index contributed by atoms with van der Waals surface area (Å²) in [5.41, 5.74) is -0.0525. The first kappa shape index (κ1) is 27.3. The maximum absolute atomic E-state index is 13.6. The van der Waals surface area contributed by atoms with E-state index in [2.05, 4.69) is 15.9 Å². The Morgan fingerprint density at radius 2 is 1.00 bits per heavy atom. The summed E-state index contributed by atoms with van der Waals surface area (Å²) in [5, 5.41) is 2.93. The maximum atomic E-state index is 13.6. The normalized spacial score (nSPS) is 11.6. The Kier molecular flexibility index (Phi) is 8.19. The van der Waals surface area contributed by atoms with Gasteiger partial charge in [0.1, 0.15) is 17.0 Å². The number of benzene rings is 4. The molecule has 0 saturated carbocycles. The quantitative estimate of drug-likeness (QED) is 0.234. The summed E-state index contributed by atoms with van der Waals surface area (Å²) in [6.07, 6.45) is 0. The lowest BCUT2D eigenvalue weighted by Crippen LogP contribution is -2.24. The first-order chi connectivity index (χ1) is 16.8. The molecule has 0 aromatic heterocycles. The van der Waals surface area contributed by atoms with Crippen LogP contribution in [0.25, 0.3) is 21.5 Å². The fourth-order valence-corrected chi connectivity index (χ4v) is 4.06. The van der Waals surface area contributed by atoms with Gasteiger partial charge < -0.3 is 9.47 Å². The molecule has 0 N–H and O–H groups in total. The minimum atomic E-state index is -0.563. The van der Waals surface area contributed by atoms with Gasteiger partial charge in [0, 0.05) is 9.86 Å². The monoisotopic (exact) mass is 552 g/mol. The fourth-order valence-electron chi connectivity index (χ4n) is 3.57. The van der Waals surface area contributed by atoms with Gasteiger partial charge in [-0.15, -0.1) is 0 Å². The van der Waals surface area contributed by atoms with E-state index in [0.29, 0.717) is 21.9 Å². The van der Waals surface area contributed by atoms with Crippen LogP contribution in [-0.2, 0) is 9.47 Å². The van der Waals surface area contributed by atoms with Crippen LogP contribution in [0.3, 0.4) is 0 Å². The predicted octanol–water partition coefficient (Wildman–Crippen LogP) is 8.49. The van der Waals surface area contributed by atoms with E-state index in [-0.39, 0.29) is 11.8 Å². The summed E-state index contributed by atoms with van der Waals surface area (Å²) in [4.78, 5) is 24.2. The lowest BCUT2D eigenvalue weighted by Gasteiger charge is -2.20. The number of esters is 2. The van der Waals surface area contributed by atoms with Gasteiger partial charge in [-0.3, -0.25) is 0 Å². The van der Waals surface area contributed by atoms with Crippen LogP contribution in [0.1, 0.15) is 62.3 Å². The molecule has 4 nitrogen and oxygen atoms in total. The number of carbonyl (C=O) groups is 2. The first-order valence-electron chi connectivity index (χ1n) is 11.6. The van der Waals surface area contributed by atoms with Crippen LogP contribution in [0.2, 0.25) is 0 Å². The standard InChI is InChI=1S/C15H15BrO2.C15H15FO2/c2*1-15(2,3)18-14(17)12-8-4-7-11-10(12)6-5-9-13(11)16/h2*4-9H,1-3H3. The third kappa shape index (κ3) is 6.91. The molecule has 0 spiro atoms. The molecular weight excluding hydrogens is 523 g/mol. The Labute approximate surface area is 219 Å². The van der Waals surface area contributed by atoms with Crippen LogP contribution in [0.4, 0.5) is 4.39 Å². The smallest absolute Gasteiger partial charge is 0.339 e. The molecule has 6 heteroatoms. The van der Waals surface area contributed by atoms with Gasteiger partial charge >= 0.3 is 11.9 Å². The Morgan fingerprint density at radius 3 is 1.50 bits per heavy atom. The topological polar surface area (TPSA) is 52.6 Å². The summed E-state index contributed by atoms with van der Waals surface area (Å²) in [6, 6.07) is 21.1. The molecule has 0 aliphatic rings. The highest BCUT2D eigenvalue weighted by Gasteiger charge is 2.21. The van der Waals surface area contributed by atoms with E-state index in [9.17, 15) is 14.0 Å². The molecule has 0 fully saturated rings. The van der Waals surface area contributed by atoms with Gasteiger partial charge in [0.15, 0.2) is 0 Å². The molecule has 188 valence electrons. The molecule has 4 aromatic rings. The highest BCUT2D eigenvalue weighted by atomic mass is 79.9. The lowest BCUT2D eigenvalue weighted by atomic mass is 10.0. The Balaban J connectivity index is 0.000000201. The van der Waals surface area contributed by atoms with Gasteiger partial charge in [0.2, 0.25) is 0 Å². The van der Waals surface area contributed by atoms with E-state index in [1.165, 1.54) is 6.07 Å². The van der Waals surface area contributed by atoms with Crippen LogP contribution in [0.5, 0.6) is 0 Å². The molecule has 0 heterocycles. The Morgan fingerprint density at radius 1 is 0.611 bits per heavy atom. The third-order valence-electron chi connectivity index (χ3n) is 4.98. The molecule has 0 atom stereocenters. The zero-order chi connectivity index (χ0) is 26.7. The molecule has 0 saturated heterocycles. The molecule has 0 amide bonds. The minimum absolute atomic E-state index is 0.286. The van der Waals surface area contributed by atoms with E-state index >= 15 is 0 Å². The van der Waals surface area contributed by atoms with Crippen molar-refractivity contribution in [3.05, 3.63) is 94.2 Å². The molecule has 0 aliphatic heterocycles. The zero-order valence-electron chi connectivity index (χ0n) is 21.3. The van der Waals surface area contributed by atoms with Crippen molar-refractivity contribution in [2.24, 2.45) is 0 Å². The van der Waals surface area contributed by atoms with Gasteiger partial charge in [0.05, 0.1) is 11.1 Å². The van der Waals surface area contributed by atoms with Crippen molar-refractivity contribution in [3.8, 4) is 0 Å². The van der Waals surface area contributed by atoms with Crippen molar-refractivity contribution in [1.82, 2.24) is 0 Å². The molecule has 4 rings (SSSR count). The molecule has 36 heavy (non-hydrogen) atoms. The van der Waals surface area contributed by atoms with E-state index in [0.717, 1.165) is 15.2 Å². The maximum Gasteiger partial charge on any atom is 0.339 e. The van der Waals surface area contributed by atoms with Crippen LogP contribution < -0.4 is 0 Å². The number of hydrogen-bond acceptors (Lipinski definition) is 4. The Bertz CT molecular complexity index is 1310. The van der Waals surface area contributed by atoms with E-state index in [4.69, 9.17) is 9.47 Å². The van der Waals surface area contributed by atoms with E-state index < -0.39 is 17.2 Å². The number of halogens is 2. The van der Waals surface area contributed by atoms with E-state index in [1.807, 2.05) is 51.1 Å². The number of ether oxygens (including phenoxy) is 2. The summed E-state index contributed by atoms with van der Waals surface area (Å²) in [6.45, 7) is 11.0. The molecule has 0 radical (unpaired) electrons. The average molecular weight is 553 g/mol. The van der Waals surface area contributed by atoms with Gasteiger partial charge in [0.25, 0.3) is 0 Å². The average Bonchev–Trinajstić information content (AvgIpc) is 2.77. The summed E-state index contributed by atoms with van der Waals surface area (Å²) in [7, 11) is 0.